The van der Waals surface area contributed by atoms with Gasteiger partial charge >= 0.3 is 0 Å². The predicted molar refractivity (Wildman–Crippen MR) is 68.4 cm³/mol. The van der Waals surface area contributed by atoms with E-state index in [2.05, 4.69) is 46.3 Å². The summed E-state index contributed by atoms with van der Waals surface area (Å²) in [6, 6.07) is 17.1. The number of benzene rings is 2. The molecule has 0 aliphatic rings. The molecule has 2 rings (SSSR count). The van der Waals surface area contributed by atoms with Gasteiger partial charge < -0.3 is 0 Å². The Kier molecular flexibility index (Phi) is 3.45. The fraction of sp³-hybridized carbons (Fsp3) is 0.0769. The van der Waals surface area contributed by atoms with Crippen molar-refractivity contribution in [3.05, 3.63) is 59.1 Å². The average Bonchev–Trinajstić information content (AvgIpc) is 2.29. The molecule has 2 aromatic rings. The lowest BCUT2D eigenvalue weighted by Crippen LogP contribution is -1.80. The van der Waals surface area contributed by atoms with Gasteiger partial charge in [0.2, 0.25) is 0 Å². The summed E-state index contributed by atoms with van der Waals surface area (Å²) in [4.78, 5) is 0. The van der Waals surface area contributed by atoms with Gasteiger partial charge in [0.1, 0.15) is 0 Å². The molecule has 0 aliphatic carbocycles. The van der Waals surface area contributed by atoms with Crippen LogP contribution in [0.4, 0.5) is 0 Å². The van der Waals surface area contributed by atoms with Gasteiger partial charge in [-0.25, -0.2) is 0 Å². The van der Waals surface area contributed by atoms with Crippen molar-refractivity contribution in [1.29, 1.82) is 0 Å². The van der Waals surface area contributed by atoms with Gasteiger partial charge in [-0.1, -0.05) is 57.9 Å². The van der Waals surface area contributed by atoms with Crippen LogP contribution < -0.4 is 0 Å². The Bertz CT molecular complexity index is 448. The monoisotopic (exact) mass is 279 g/mol. The average molecular weight is 281 g/mol. The lowest BCUT2D eigenvalue weighted by molar-refractivity contribution is 1.43. The topological polar surface area (TPSA) is 0 Å². The smallest absolute Gasteiger partial charge is 0.0412 e. The first-order valence-corrected chi connectivity index (χ1v) is 6.12. The molecule has 0 unspecified atom stereocenters. The standard InChI is InChI=1S/C13H9BrCl/c14-9-10-4-6-11(7-5-10)12-2-1-3-13(15)8-12/h1,3-8H,9H2. The van der Waals surface area contributed by atoms with E-state index in [-0.39, 0.29) is 0 Å². The van der Waals surface area contributed by atoms with Crippen LogP contribution in [-0.2, 0) is 5.33 Å². The molecule has 0 N–H and O–H groups in total. The molecule has 1 radical (unpaired) electrons. The Labute approximate surface area is 103 Å². The Morgan fingerprint density at radius 1 is 1.13 bits per heavy atom. The van der Waals surface area contributed by atoms with Crippen molar-refractivity contribution in [2.45, 2.75) is 5.33 Å². The third kappa shape index (κ3) is 2.61. The SMILES string of the molecule is Clc1cc[c]c(-c2ccc(CBr)cc2)c1. The zero-order valence-electron chi connectivity index (χ0n) is 8.00. The van der Waals surface area contributed by atoms with Crippen LogP contribution in [0.2, 0.25) is 5.02 Å². The molecule has 0 nitrogen and oxygen atoms in total. The zero-order valence-corrected chi connectivity index (χ0v) is 10.3. The molecule has 0 heterocycles. The molecule has 0 amide bonds. The highest BCUT2D eigenvalue weighted by Gasteiger charge is 1.98. The molecule has 0 spiro atoms. The Morgan fingerprint density at radius 2 is 1.87 bits per heavy atom. The minimum absolute atomic E-state index is 0.744. The number of alkyl halides is 1. The van der Waals surface area contributed by atoms with Crippen LogP contribution in [0.1, 0.15) is 5.56 Å². The van der Waals surface area contributed by atoms with Gasteiger partial charge in [0.25, 0.3) is 0 Å². The maximum absolute atomic E-state index is 5.93. The van der Waals surface area contributed by atoms with E-state index in [4.69, 9.17) is 11.6 Å². The molecule has 0 fully saturated rings. The normalized spacial score (nSPS) is 10.3. The number of halogens is 2. The van der Waals surface area contributed by atoms with Crippen molar-refractivity contribution in [1.82, 2.24) is 0 Å². The molecule has 15 heavy (non-hydrogen) atoms. The molecular formula is C13H9BrCl. The fourth-order valence-electron chi connectivity index (χ4n) is 1.38. The van der Waals surface area contributed by atoms with E-state index in [0.717, 1.165) is 21.5 Å². The van der Waals surface area contributed by atoms with Crippen LogP contribution in [0, 0.1) is 6.07 Å². The molecule has 75 valence electrons. The molecule has 0 saturated carbocycles. The Morgan fingerprint density at radius 3 is 2.47 bits per heavy atom. The quantitative estimate of drug-likeness (QED) is 0.699. The van der Waals surface area contributed by atoms with E-state index in [1.54, 1.807) is 0 Å². The number of hydrogen-bond donors (Lipinski definition) is 0. The number of rotatable bonds is 2. The lowest BCUT2D eigenvalue weighted by atomic mass is 10.0. The van der Waals surface area contributed by atoms with E-state index in [0.29, 0.717) is 0 Å². The molecule has 2 aromatic carbocycles. The molecule has 0 bridgehead atoms. The summed E-state index contributed by atoms with van der Waals surface area (Å²) in [6.45, 7) is 0. The second-order valence-electron chi connectivity index (χ2n) is 3.25. The predicted octanol–water partition coefficient (Wildman–Crippen LogP) is 4.70. The first kappa shape index (κ1) is 10.7. The lowest BCUT2D eigenvalue weighted by Gasteiger charge is -2.02. The first-order chi connectivity index (χ1) is 7.29. The van der Waals surface area contributed by atoms with Crippen LogP contribution in [0.3, 0.4) is 0 Å². The van der Waals surface area contributed by atoms with Crippen molar-refractivity contribution in [3.63, 3.8) is 0 Å². The van der Waals surface area contributed by atoms with E-state index in [1.165, 1.54) is 5.56 Å². The van der Waals surface area contributed by atoms with Gasteiger partial charge in [-0.05, 0) is 34.9 Å². The highest BCUT2D eigenvalue weighted by molar-refractivity contribution is 9.08. The molecule has 0 saturated heterocycles. The van der Waals surface area contributed by atoms with Crippen LogP contribution in [0.5, 0.6) is 0 Å². The molecule has 2 heteroatoms. The van der Waals surface area contributed by atoms with Crippen molar-refractivity contribution < 1.29 is 0 Å². The van der Waals surface area contributed by atoms with Gasteiger partial charge in [0.05, 0.1) is 0 Å². The van der Waals surface area contributed by atoms with Crippen molar-refractivity contribution in [3.8, 4) is 11.1 Å². The summed E-state index contributed by atoms with van der Waals surface area (Å²) in [5.41, 5.74) is 3.44. The second-order valence-corrected chi connectivity index (χ2v) is 4.25. The Hall–Kier alpha value is -0.790. The van der Waals surface area contributed by atoms with Crippen LogP contribution in [0.25, 0.3) is 11.1 Å². The van der Waals surface area contributed by atoms with Gasteiger partial charge in [0, 0.05) is 10.4 Å². The van der Waals surface area contributed by atoms with Crippen molar-refractivity contribution in [2.75, 3.05) is 0 Å². The van der Waals surface area contributed by atoms with Crippen LogP contribution in [-0.4, -0.2) is 0 Å². The molecule has 0 atom stereocenters. The maximum Gasteiger partial charge on any atom is 0.0412 e. The number of hydrogen-bond acceptors (Lipinski definition) is 0. The van der Waals surface area contributed by atoms with E-state index in [9.17, 15) is 0 Å². The fourth-order valence-corrected chi connectivity index (χ4v) is 1.92. The summed E-state index contributed by atoms with van der Waals surface area (Å²) in [5.74, 6) is 0. The largest absolute Gasteiger partial charge is 0.0876 e. The second kappa shape index (κ2) is 4.82. The highest BCUT2D eigenvalue weighted by Crippen LogP contribution is 2.22. The van der Waals surface area contributed by atoms with Crippen molar-refractivity contribution >= 4 is 27.5 Å². The summed E-state index contributed by atoms with van der Waals surface area (Å²) >= 11 is 9.35. The third-order valence-electron chi connectivity index (χ3n) is 2.18. The minimum atomic E-state index is 0.744. The van der Waals surface area contributed by atoms with Crippen LogP contribution in [0.15, 0.2) is 42.5 Å². The van der Waals surface area contributed by atoms with E-state index >= 15 is 0 Å². The van der Waals surface area contributed by atoms with E-state index < -0.39 is 0 Å². The molecule has 0 aromatic heterocycles. The highest BCUT2D eigenvalue weighted by atomic mass is 79.9. The summed E-state index contributed by atoms with van der Waals surface area (Å²) in [7, 11) is 0. The van der Waals surface area contributed by atoms with Gasteiger partial charge in [-0.15, -0.1) is 0 Å². The summed E-state index contributed by atoms with van der Waals surface area (Å²) < 4.78 is 0. The van der Waals surface area contributed by atoms with Gasteiger partial charge in [0.15, 0.2) is 0 Å². The first-order valence-electron chi connectivity index (χ1n) is 4.62. The molecular weight excluding hydrogens is 272 g/mol. The van der Waals surface area contributed by atoms with Crippen molar-refractivity contribution in [2.24, 2.45) is 0 Å². The van der Waals surface area contributed by atoms with Gasteiger partial charge in [-0.3, -0.25) is 0 Å². The minimum Gasteiger partial charge on any atom is -0.0876 e. The van der Waals surface area contributed by atoms with Gasteiger partial charge in [-0.2, -0.15) is 0 Å². The summed E-state index contributed by atoms with van der Waals surface area (Å²) in [6.07, 6.45) is 0. The third-order valence-corrected chi connectivity index (χ3v) is 3.07. The maximum atomic E-state index is 5.93. The summed E-state index contributed by atoms with van der Waals surface area (Å²) in [5, 5.41) is 1.63. The zero-order chi connectivity index (χ0) is 10.7. The Balaban J connectivity index is 2.37. The van der Waals surface area contributed by atoms with Crippen LogP contribution >= 0.6 is 27.5 Å². The van der Waals surface area contributed by atoms with E-state index in [1.807, 2.05) is 18.2 Å². The molecule has 0 aliphatic heterocycles.